The van der Waals surface area contributed by atoms with Crippen molar-refractivity contribution in [3.63, 3.8) is 0 Å². The summed E-state index contributed by atoms with van der Waals surface area (Å²) in [5.74, 6) is 0.796. The van der Waals surface area contributed by atoms with Gasteiger partial charge in [0.05, 0.1) is 23.6 Å². The average Bonchev–Trinajstić information content (AvgIpc) is 2.66. The number of hydrogen-bond donors (Lipinski definition) is 2. The first-order valence-corrected chi connectivity index (χ1v) is 8.91. The van der Waals surface area contributed by atoms with E-state index in [1.54, 1.807) is 18.7 Å². The zero-order valence-corrected chi connectivity index (χ0v) is 15.4. The largest absolute Gasteiger partial charge is 0.393 e. The molecule has 0 aliphatic heterocycles. The minimum Gasteiger partial charge on any atom is -0.393 e. The molecule has 2 N–H and O–H groups in total. The Balaban J connectivity index is 1.74. The fourth-order valence-corrected chi connectivity index (χ4v) is 3.34. The molecule has 2 atom stereocenters. The van der Waals surface area contributed by atoms with Crippen LogP contribution in [0.4, 0.5) is 5.95 Å². The summed E-state index contributed by atoms with van der Waals surface area (Å²) in [4.78, 5) is 17.2. The molecule has 0 radical (unpaired) electrons. The van der Waals surface area contributed by atoms with Crippen molar-refractivity contribution in [2.75, 3.05) is 5.32 Å². The smallest absolute Gasteiger partial charge is 0.223 e. The Kier molecular flexibility index (Phi) is 5.14. The van der Waals surface area contributed by atoms with E-state index in [0.717, 1.165) is 29.8 Å². The van der Waals surface area contributed by atoms with E-state index >= 15 is 0 Å². The van der Waals surface area contributed by atoms with E-state index in [0.29, 0.717) is 30.4 Å². The number of aliphatic hydroxyl groups is 1. The van der Waals surface area contributed by atoms with Gasteiger partial charge in [0.15, 0.2) is 0 Å². The maximum Gasteiger partial charge on any atom is 0.223 e. The van der Waals surface area contributed by atoms with Crippen LogP contribution in [0.25, 0.3) is 0 Å². The van der Waals surface area contributed by atoms with Crippen molar-refractivity contribution in [2.45, 2.75) is 52.7 Å². The zero-order valence-electron chi connectivity index (χ0n) is 15.4. The van der Waals surface area contributed by atoms with Gasteiger partial charge in [-0.1, -0.05) is 20.8 Å². The first-order valence-electron chi connectivity index (χ1n) is 8.91. The van der Waals surface area contributed by atoms with Gasteiger partial charge < -0.3 is 10.4 Å². The molecule has 7 nitrogen and oxygen atoms in total. The second kappa shape index (κ2) is 7.34. The Morgan fingerprint density at radius 1 is 1.31 bits per heavy atom. The highest BCUT2D eigenvalue weighted by molar-refractivity contribution is 5.38. The highest BCUT2D eigenvalue weighted by Gasteiger charge is 2.47. The fourth-order valence-electron chi connectivity index (χ4n) is 3.34. The number of anilines is 1. The number of nitrogens with zero attached hydrogens (tertiary/aromatic N) is 5. The lowest BCUT2D eigenvalue weighted by Gasteiger charge is -2.49. The Morgan fingerprint density at radius 2 is 2.12 bits per heavy atom. The van der Waals surface area contributed by atoms with E-state index in [-0.39, 0.29) is 11.5 Å². The molecule has 1 aliphatic carbocycles. The molecular weight excluding hydrogens is 328 g/mol. The van der Waals surface area contributed by atoms with Gasteiger partial charge in [0.1, 0.15) is 12.4 Å². The van der Waals surface area contributed by atoms with Gasteiger partial charge in [0, 0.05) is 24.0 Å². The second-order valence-corrected chi connectivity index (χ2v) is 7.34. The monoisotopic (exact) mass is 352 g/mol. The maximum absolute atomic E-state index is 9.94. The third kappa shape index (κ3) is 3.51. The van der Waals surface area contributed by atoms with Gasteiger partial charge in [-0.3, -0.25) is 0 Å². The molecule has 0 aromatic carbocycles. The van der Waals surface area contributed by atoms with Crippen molar-refractivity contribution in [1.82, 2.24) is 19.9 Å². The van der Waals surface area contributed by atoms with E-state index in [1.165, 1.54) is 0 Å². The molecule has 1 fully saturated rings. The highest BCUT2D eigenvalue weighted by Crippen LogP contribution is 2.47. The van der Waals surface area contributed by atoms with E-state index in [9.17, 15) is 10.4 Å². The van der Waals surface area contributed by atoms with E-state index in [4.69, 9.17) is 0 Å². The topological polar surface area (TPSA) is 108 Å². The van der Waals surface area contributed by atoms with Crippen molar-refractivity contribution >= 4 is 5.95 Å². The van der Waals surface area contributed by atoms with Gasteiger partial charge >= 0.3 is 0 Å². The Labute approximate surface area is 153 Å². The molecule has 3 rings (SSSR count). The molecule has 0 amide bonds. The Bertz CT molecular complexity index is 829. The van der Waals surface area contributed by atoms with Crippen LogP contribution in [0.5, 0.6) is 0 Å². The summed E-state index contributed by atoms with van der Waals surface area (Å²) in [6.45, 7) is 6.69. The second-order valence-electron chi connectivity index (χ2n) is 7.34. The van der Waals surface area contributed by atoms with Crippen molar-refractivity contribution in [1.29, 1.82) is 5.26 Å². The van der Waals surface area contributed by atoms with Crippen LogP contribution in [-0.2, 0) is 19.4 Å². The molecule has 2 aromatic rings. The molecule has 0 spiro atoms. The maximum atomic E-state index is 9.94. The van der Waals surface area contributed by atoms with Crippen molar-refractivity contribution in [3.05, 3.63) is 41.2 Å². The minimum absolute atomic E-state index is 0.150. The number of hydrogen-bond acceptors (Lipinski definition) is 7. The van der Waals surface area contributed by atoms with Gasteiger partial charge in [-0.2, -0.15) is 5.26 Å². The molecule has 2 aromatic heterocycles. The van der Waals surface area contributed by atoms with Crippen molar-refractivity contribution in [3.8, 4) is 6.07 Å². The molecular formula is C19H24N6O. The fraction of sp³-hybridized carbons (Fsp3) is 0.526. The van der Waals surface area contributed by atoms with Crippen molar-refractivity contribution in [2.24, 2.45) is 11.3 Å². The van der Waals surface area contributed by atoms with Crippen LogP contribution in [0.2, 0.25) is 0 Å². The van der Waals surface area contributed by atoms with Crippen LogP contribution in [-0.4, -0.2) is 31.1 Å². The number of rotatable bonds is 6. The highest BCUT2D eigenvalue weighted by atomic mass is 16.3. The Morgan fingerprint density at radius 3 is 2.77 bits per heavy atom. The summed E-state index contributed by atoms with van der Waals surface area (Å²) < 4.78 is 0. The molecule has 26 heavy (non-hydrogen) atoms. The molecule has 136 valence electrons. The molecule has 0 bridgehead atoms. The summed E-state index contributed by atoms with van der Waals surface area (Å²) in [6, 6.07) is 2.17. The average molecular weight is 352 g/mol. The summed E-state index contributed by atoms with van der Waals surface area (Å²) in [6.07, 6.45) is 6.86. The number of aromatic nitrogens is 4. The molecule has 1 saturated carbocycles. The van der Waals surface area contributed by atoms with Crippen LogP contribution >= 0.6 is 0 Å². The summed E-state index contributed by atoms with van der Waals surface area (Å²) in [5, 5.41) is 22.5. The van der Waals surface area contributed by atoms with E-state index < -0.39 is 0 Å². The van der Waals surface area contributed by atoms with Crippen LogP contribution in [0, 0.1) is 22.7 Å². The van der Waals surface area contributed by atoms with Gasteiger partial charge in [0.2, 0.25) is 5.95 Å². The molecule has 0 saturated heterocycles. The van der Waals surface area contributed by atoms with Crippen LogP contribution < -0.4 is 5.32 Å². The number of nitriles is 1. The molecule has 2 heterocycles. The van der Waals surface area contributed by atoms with Gasteiger partial charge in [0.25, 0.3) is 0 Å². The lowest BCUT2D eigenvalue weighted by molar-refractivity contribution is -0.0978. The SMILES string of the molecule is CCc1ncncc1CNc1ncc(C#N)c(C[C@@H]2C[C@H](O)C2(C)C)n1. The van der Waals surface area contributed by atoms with Gasteiger partial charge in [-0.25, -0.2) is 19.9 Å². The predicted molar refractivity (Wildman–Crippen MR) is 97.1 cm³/mol. The third-order valence-corrected chi connectivity index (χ3v) is 5.50. The normalized spacial score (nSPS) is 20.9. The Hall–Kier alpha value is -2.59. The van der Waals surface area contributed by atoms with E-state index in [2.05, 4.69) is 52.1 Å². The molecule has 0 unspecified atom stereocenters. The van der Waals surface area contributed by atoms with Crippen LogP contribution in [0.1, 0.15) is 49.7 Å². The number of aliphatic hydroxyl groups excluding tert-OH is 1. The summed E-state index contributed by atoms with van der Waals surface area (Å²) >= 11 is 0. The standard InChI is InChI=1S/C19H24N6O/c1-4-15-13(8-21-11-24-15)10-23-18-22-9-12(7-20)16(25-18)5-14-6-17(26)19(14,2)3/h8-9,11,14,17,26H,4-6,10H2,1-3H3,(H,22,23,25)/t14-,17+/m1/s1. The molecule has 1 aliphatic rings. The number of aryl methyl sites for hydroxylation is 1. The van der Waals surface area contributed by atoms with E-state index in [1.807, 2.05) is 0 Å². The number of nitrogens with one attached hydrogen (secondary N) is 1. The quantitative estimate of drug-likeness (QED) is 0.821. The lowest BCUT2D eigenvalue weighted by Crippen LogP contribution is -2.50. The summed E-state index contributed by atoms with van der Waals surface area (Å²) in [5.41, 5.74) is 3.07. The predicted octanol–water partition coefficient (Wildman–Crippen LogP) is 2.26. The zero-order chi connectivity index (χ0) is 18.7. The van der Waals surface area contributed by atoms with Gasteiger partial charge in [-0.15, -0.1) is 0 Å². The van der Waals surface area contributed by atoms with Crippen molar-refractivity contribution < 1.29 is 5.11 Å². The lowest BCUT2D eigenvalue weighted by atomic mass is 9.58. The molecule has 7 heteroatoms. The first-order chi connectivity index (χ1) is 12.5. The van der Waals surface area contributed by atoms with Gasteiger partial charge in [-0.05, 0) is 30.6 Å². The summed E-state index contributed by atoms with van der Waals surface area (Å²) in [7, 11) is 0. The van der Waals surface area contributed by atoms with Crippen LogP contribution in [0.15, 0.2) is 18.7 Å². The first kappa shape index (κ1) is 18.2. The minimum atomic E-state index is -0.289. The van der Waals surface area contributed by atoms with Crippen LogP contribution in [0.3, 0.4) is 0 Å². The third-order valence-electron chi connectivity index (χ3n) is 5.50.